The Morgan fingerprint density at radius 1 is 1.29 bits per heavy atom. The third-order valence-electron chi connectivity index (χ3n) is 3.25. The second-order valence-electron chi connectivity index (χ2n) is 4.76. The molecule has 0 aliphatic rings. The third kappa shape index (κ3) is 3.47. The first-order valence-corrected chi connectivity index (χ1v) is 6.59. The van der Waals surface area contributed by atoms with E-state index in [1.54, 1.807) is 24.3 Å². The number of aromatic nitrogens is 1. The van der Waals surface area contributed by atoms with Crippen molar-refractivity contribution in [1.82, 2.24) is 5.16 Å². The molecule has 0 atom stereocenters. The van der Waals surface area contributed by atoms with E-state index in [-0.39, 0.29) is 12.3 Å². The minimum absolute atomic E-state index is 0.191. The summed E-state index contributed by atoms with van der Waals surface area (Å²) in [5, 5.41) is 6.55. The van der Waals surface area contributed by atoms with Crippen molar-refractivity contribution in [3.63, 3.8) is 0 Å². The number of hydrogen-bond donors (Lipinski definition) is 2. The molecule has 0 fully saturated rings. The number of nitrogens with two attached hydrogens (primary N) is 1. The van der Waals surface area contributed by atoms with Crippen LogP contribution in [0.1, 0.15) is 33.8 Å². The lowest BCUT2D eigenvalue weighted by Gasteiger charge is -2.08. The van der Waals surface area contributed by atoms with Crippen LogP contribution in [-0.4, -0.2) is 17.0 Å². The molecule has 1 heterocycles. The number of anilines is 1. The Balaban J connectivity index is 2.01. The lowest BCUT2D eigenvalue weighted by molar-refractivity contribution is -0.116. The van der Waals surface area contributed by atoms with E-state index < -0.39 is 5.91 Å². The minimum atomic E-state index is -0.573. The van der Waals surface area contributed by atoms with Crippen LogP contribution >= 0.6 is 0 Å². The maximum Gasteiger partial charge on any atom is 0.250 e. The number of rotatable bonds is 5. The molecular weight excluding hydrogens is 270 g/mol. The Morgan fingerprint density at radius 2 is 2.00 bits per heavy atom. The second-order valence-corrected chi connectivity index (χ2v) is 4.76. The predicted molar refractivity (Wildman–Crippen MR) is 77.9 cm³/mol. The van der Waals surface area contributed by atoms with E-state index in [4.69, 9.17) is 10.3 Å². The number of para-hydroxylation sites is 1. The Bertz CT molecular complexity index is 657. The zero-order valence-electron chi connectivity index (χ0n) is 12.0. The van der Waals surface area contributed by atoms with Crippen LogP contribution in [0.5, 0.6) is 0 Å². The van der Waals surface area contributed by atoms with Crippen LogP contribution in [0.3, 0.4) is 0 Å². The van der Waals surface area contributed by atoms with Gasteiger partial charge in [0.05, 0.1) is 16.9 Å². The summed E-state index contributed by atoms with van der Waals surface area (Å²) in [5.74, 6) is -0.0434. The lowest BCUT2D eigenvalue weighted by atomic mass is 10.1. The molecule has 1 aromatic carbocycles. The number of nitrogens with one attached hydrogen (secondary N) is 1. The highest BCUT2D eigenvalue weighted by Crippen LogP contribution is 2.17. The van der Waals surface area contributed by atoms with Crippen molar-refractivity contribution in [2.45, 2.75) is 26.7 Å². The van der Waals surface area contributed by atoms with Gasteiger partial charge in [-0.15, -0.1) is 0 Å². The molecule has 0 radical (unpaired) electrons. The van der Waals surface area contributed by atoms with E-state index in [1.807, 2.05) is 13.8 Å². The lowest BCUT2D eigenvalue weighted by Crippen LogP contribution is -2.18. The van der Waals surface area contributed by atoms with Gasteiger partial charge in [0.1, 0.15) is 5.76 Å². The number of hydrogen-bond acceptors (Lipinski definition) is 4. The molecule has 0 saturated heterocycles. The molecule has 0 aliphatic carbocycles. The van der Waals surface area contributed by atoms with E-state index in [2.05, 4.69) is 10.5 Å². The quantitative estimate of drug-likeness (QED) is 0.878. The van der Waals surface area contributed by atoms with Crippen LogP contribution < -0.4 is 11.1 Å². The van der Waals surface area contributed by atoms with E-state index in [1.165, 1.54) is 0 Å². The summed E-state index contributed by atoms with van der Waals surface area (Å²) < 4.78 is 5.05. The molecule has 0 aliphatic heterocycles. The van der Waals surface area contributed by atoms with Crippen LogP contribution in [-0.2, 0) is 11.2 Å². The number of benzene rings is 1. The van der Waals surface area contributed by atoms with Gasteiger partial charge in [-0.3, -0.25) is 9.59 Å². The number of carbonyl (C=O) groups is 2. The number of amides is 2. The zero-order valence-corrected chi connectivity index (χ0v) is 12.0. The van der Waals surface area contributed by atoms with Crippen molar-refractivity contribution in [3.8, 4) is 0 Å². The topological polar surface area (TPSA) is 98.2 Å². The number of primary amides is 1. The molecule has 6 nitrogen and oxygen atoms in total. The molecular formula is C15H17N3O3. The number of carbonyl (C=O) groups excluding carboxylic acids is 2. The van der Waals surface area contributed by atoms with Gasteiger partial charge in [-0.05, 0) is 32.4 Å². The van der Waals surface area contributed by atoms with Crippen LogP contribution in [0.15, 0.2) is 28.8 Å². The van der Waals surface area contributed by atoms with Gasteiger partial charge in [0, 0.05) is 12.0 Å². The highest BCUT2D eigenvalue weighted by molar-refractivity contribution is 6.02. The molecule has 2 rings (SSSR count). The molecule has 110 valence electrons. The van der Waals surface area contributed by atoms with Crippen LogP contribution in [0.25, 0.3) is 0 Å². The van der Waals surface area contributed by atoms with Gasteiger partial charge in [-0.2, -0.15) is 0 Å². The van der Waals surface area contributed by atoms with Crippen LogP contribution in [0, 0.1) is 13.8 Å². The molecule has 0 saturated carbocycles. The maximum absolute atomic E-state index is 12.0. The largest absolute Gasteiger partial charge is 0.366 e. The highest BCUT2D eigenvalue weighted by atomic mass is 16.5. The SMILES string of the molecule is Cc1noc(C)c1CCC(=O)Nc1ccccc1C(N)=O. The van der Waals surface area contributed by atoms with E-state index >= 15 is 0 Å². The average Bonchev–Trinajstić information content (AvgIpc) is 2.76. The van der Waals surface area contributed by atoms with Crippen molar-refractivity contribution in [2.24, 2.45) is 5.73 Å². The Labute approximate surface area is 122 Å². The highest BCUT2D eigenvalue weighted by Gasteiger charge is 2.13. The summed E-state index contributed by atoms with van der Waals surface area (Å²) in [4.78, 5) is 23.3. The van der Waals surface area contributed by atoms with Crippen molar-refractivity contribution in [1.29, 1.82) is 0 Å². The Kier molecular flexibility index (Phi) is 4.37. The summed E-state index contributed by atoms with van der Waals surface area (Å²) in [6.45, 7) is 3.65. The van der Waals surface area contributed by atoms with Gasteiger partial charge < -0.3 is 15.6 Å². The van der Waals surface area contributed by atoms with Crippen molar-refractivity contribution in [3.05, 3.63) is 46.8 Å². The normalized spacial score (nSPS) is 10.4. The smallest absolute Gasteiger partial charge is 0.250 e. The van der Waals surface area contributed by atoms with E-state index in [9.17, 15) is 9.59 Å². The fourth-order valence-electron chi connectivity index (χ4n) is 2.12. The monoisotopic (exact) mass is 287 g/mol. The van der Waals surface area contributed by atoms with E-state index in [0.717, 1.165) is 17.0 Å². The van der Waals surface area contributed by atoms with Gasteiger partial charge in [0.2, 0.25) is 5.91 Å². The molecule has 3 N–H and O–H groups in total. The molecule has 6 heteroatoms. The standard InChI is InChI=1S/C15H17N3O3/c1-9-11(10(2)21-18-9)7-8-14(19)17-13-6-4-3-5-12(13)15(16)20/h3-6H,7-8H2,1-2H3,(H2,16,20)(H,17,19). The Hall–Kier alpha value is -2.63. The second kappa shape index (κ2) is 6.21. The first kappa shape index (κ1) is 14.8. The minimum Gasteiger partial charge on any atom is -0.366 e. The molecule has 0 bridgehead atoms. The Morgan fingerprint density at radius 3 is 2.62 bits per heavy atom. The van der Waals surface area contributed by atoms with Crippen LogP contribution in [0.2, 0.25) is 0 Å². The third-order valence-corrected chi connectivity index (χ3v) is 3.25. The summed E-state index contributed by atoms with van der Waals surface area (Å²) in [7, 11) is 0. The van der Waals surface area contributed by atoms with E-state index in [0.29, 0.717) is 17.7 Å². The summed E-state index contributed by atoms with van der Waals surface area (Å²) in [6.07, 6.45) is 0.807. The van der Waals surface area contributed by atoms with Crippen molar-refractivity contribution in [2.75, 3.05) is 5.32 Å². The van der Waals surface area contributed by atoms with Gasteiger partial charge in [0.25, 0.3) is 5.91 Å². The van der Waals surface area contributed by atoms with Crippen LogP contribution in [0.4, 0.5) is 5.69 Å². The fraction of sp³-hybridized carbons (Fsp3) is 0.267. The van der Waals surface area contributed by atoms with Gasteiger partial charge in [0.15, 0.2) is 0 Å². The summed E-state index contributed by atoms with van der Waals surface area (Å²) in [6, 6.07) is 6.65. The first-order chi connectivity index (χ1) is 9.99. The predicted octanol–water partition coefficient (Wildman–Crippen LogP) is 1.96. The molecule has 0 unspecified atom stereocenters. The van der Waals surface area contributed by atoms with Gasteiger partial charge in [-0.25, -0.2) is 0 Å². The molecule has 1 aromatic heterocycles. The van der Waals surface area contributed by atoms with Gasteiger partial charge >= 0.3 is 0 Å². The fourth-order valence-corrected chi connectivity index (χ4v) is 2.12. The van der Waals surface area contributed by atoms with Crippen molar-refractivity contribution < 1.29 is 14.1 Å². The average molecular weight is 287 g/mol. The molecule has 2 amide bonds. The molecule has 2 aromatic rings. The molecule has 0 spiro atoms. The molecule has 21 heavy (non-hydrogen) atoms. The number of nitrogens with zero attached hydrogens (tertiary/aromatic N) is 1. The summed E-state index contributed by atoms with van der Waals surface area (Å²) in [5.41, 5.74) is 7.72. The van der Waals surface area contributed by atoms with Gasteiger partial charge in [-0.1, -0.05) is 17.3 Å². The van der Waals surface area contributed by atoms with Crippen molar-refractivity contribution >= 4 is 17.5 Å². The number of aryl methyl sites for hydroxylation is 2. The summed E-state index contributed by atoms with van der Waals surface area (Å²) >= 11 is 0. The maximum atomic E-state index is 12.0. The zero-order chi connectivity index (χ0) is 15.4. The first-order valence-electron chi connectivity index (χ1n) is 6.59.